The molecule has 2 rings (SSSR count). The lowest BCUT2D eigenvalue weighted by Gasteiger charge is -2.13. The van der Waals surface area contributed by atoms with Crippen LogP contribution in [-0.4, -0.2) is 27.8 Å². The zero-order chi connectivity index (χ0) is 15.6. The van der Waals surface area contributed by atoms with Gasteiger partial charge in [-0.1, -0.05) is 23.5 Å². The minimum absolute atomic E-state index is 0.0857. The first-order chi connectivity index (χ1) is 9.90. The number of rotatable bonds is 3. The molecular weight excluding hydrogens is 328 g/mol. The lowest BCUT2D eigenvalue weighted by molar-refractivity contribution is -0.115. The third kappa shape index (κ3) is 3.70. The number of anilines is 1. The molecule has 0 radical (unpaired) electrons. The van der Waals surface area contributed by atoms with E-state index in [-0.39, 0.29) is 6.07 Å². The second kappa shape index (κ2) is 6.69. The van der Waals surface area contributed by atoms with Gasteiger partial charge in [0, 0.05) is 11.8 Å². The van der Waals surface area contributed by atoms with Gasteiger partial charge >= 0.3 is 0 Å². The lowest BCUT2D eigenvalue weighted by atomic mass is 10.2. The summed E-state index contributed by atoms with van der Waals surface area (Å²) in [5.74, 6) is -6.35. The normalized spacial score (nSPS) is 15.8. The molecule has 1 aromatic carbocycles. The van der Waals surface area contributed by atoms with Gasteiger partial charge in [-0.25, -0.2) is 17.6 Å². The van der Waals surface area contributed by atoms with Crippen molar-refractivity contribution in [2.24, 2.45) is 4.99 Å². The van der Waals surface area contributed by atoms with E-state index >= 15 is 0 Å². The van der Waals surface area contributed by atoms with Crippen molar-refractivity contribution in [2.75, 3.05) is 17.6 Å². The Balaban J connectivity index is 2.12. The van der Waals surface area contributed by atoms with E-state index in [0.29, 0.717) is 10.9 Å². The molecule has 0 aromatic heterocycles. The van der Waals surface area contributed by atoms with Crippen LogP contribution in [0.1, 0.15) is 6.92 Å². The third-order valence-corrected chi connectivity index (χ3v) is 4.87. The number of thioether (sulfide) groups is 2. The topological polar surface area (TPSA) is 41.5 Å². The summed E-state index contributed by atoms with van der Waals surface area (Å²) in [5.41, 5.74) is -1.12. The van der Waals surface area contributed by atoms with Gasteiger partial charge < -0.3 is 5.32 Å². The van der Waals surface area contributed by atoms with E-state index in [2.05, 4.69) is 4.99 Å². The van der Waals surface area contributed by atoms with Crippen LogP contribution in [0.15, 0.2) is 11.1 Å². The Hall–Kier alpha value is -1.22. The average Bonchev–Trinajstić information content (AvgIpc) is 2.94. The summed E-state index contributed by atoms with van der Waals surface area (Å²) in [5, 5.41) is 1.17. The molecule has 0 saturated carbocycles. The standard InChI is InChI=1S/C12H10F4N2OS2/c1-5(21-12-17-2-3-20-12)11(19)18-10-8(15)6(13)4-7(14)9(10)16/h4-5H,2-3H2,1H3,(H,18,19). The number of carbonyl (C=O) groups is 1. The third-order valence-electron chi connectivity index (χ3n) is 2.56. The maximum atomic E-state index is 13.4. The predicted octanol–water partition coefficient (Wildman–Crippen LogP) is 3.41. The highest BCUT2D eigenvalue weighted by Gasteiger charge is 2.24. The first-order valence-electron chi connectivity index (χ1n) is 5.88. The Bertz CT molecular complexity index is 583. The molecule has 1 N–H and O–H groups in total. The molecule has 1 aromatic rings. The number of carbonyl (C=O) groups excluding carboxylic acids is 1. The Morgan fingerprint density at radius 1 is 1.33 bits per heavy atom. The smallest absolute Gasteiger partial charge is 0.237 e. The van der Waals surface area contributed by atoms with Crippen LogP contribution < -0.4 is 5.32 Å². The predicted molar refractivity (Wildman–Crippen MR) is 76.7 cm³/mol. The number of nitrogens with zero attached hydrogens (tertiary/aromatic N) is 1. The fraction of sp³-hybridized carbons (Fsp3) is 0.333. The van der Waals surface area contributed by atoms with E-state index in [4.69, 9.17) is 0 Å². The molecule has 21 heavy (non-hydrogen) atoms. The molecule has 0 saturated heterocycles. The molecule has 0 spiro atoms. The van der Waals surface area contributed by atoms with Crippen LogP contribution in [0.3, 0.4) is 0 Å². The van der Waals surface area contributed by atoms with Crippen LogP contribution in [0.4, 0.5) is 23.2 Å². The van der Waals surface area contributed by atoms with Gasteiger partial charge in [-0.05, 0) is 6.92 Å². The van der Waals surface area contributed by atoms with Crippen molar-refractivity contribution in [3.63, 3.8) is 0 Å². The SMILES string of the molecule is CC(SC1=NCCS1)C(=O)Nc1c(F)c(F)cc(F)c1F. The Labute approximate surface area is 126 Å². The zero-order valence-corrected chi connectivity index (χ0v) is 12.4. The Morgan fingerprint density at radius 2 is 1.95 bits per heavy atom. The molecule has 114 valence electrons. The van der Waals surface area contributed by atoms with Crippen molar-refractivity contribution >= 4 is 39.5 Å². The van der Waals surface area contributed by atoms with Crippen LogP contribution in [0.25, 0.3) is 0 Å². The molecule has 1 atom stereocenters. The summed E-state index contributed by atoms with van der Waals surface area (Å²) in [6, 6.07) is 0.0857. The number of halogens is 4. The van der Waals surface area contributed by atoms with Gasteiger partial charge in [-0.2, -0.15) is 0 Å². The first-order valence-corrected chi connectivity index (χ1v) is 7.74. The summed E-state index contributed by atoms with van der Waals surface area (Å²) in [6.45, 7) is 2.16. The largest absolute Gasteiger partial charge is 0.320 e. The summed E-state index contributed by atoms with van der Waals surface area (Å²) in [7, 11) is 0. The number of hydrogen-bond donors (Lipinski definition) is 1. The second-order valence-electron chi connectivity index (χ2n) is 4.09. The number of nitrogens with one attached hydrogen (secondary N) is 1. The van der Waals surface area contributed by atoms with Gasteiger partial charge in [-0.15, -0.1) is 0 Å². The van der Waals surface area contributed by atoms with Gasteiger partial charge in [0.2, 0.25) is 5.91 Å². The van der Waals surface area contributed by atoms with E-state index in [0.717, 1.165) is 17.5 Å². The Kier molecular flexibility index (Phi) is 5.15. The molecular formula is C12H10F4N2OS2. The second-order valence-corrected chi connectivity index (χ2v) is 6.76. The van der Waals surface area contributed by atoms with E-state index in [1.165, 1.54) is 18.7 Å². The molecule has 3 nitrogen and oxygen atoms in total. The molecule has 1 amide bonds. The van der Waals surface area contributed by atoms with Gasteiger partial charge in [0.05, 0.1) is 11.8 Å². The van der Waals surface area contributed by atoms with Crippen LogP contribution >= 0.6 is 23.5 Å². The summed E-state index contributed by atoms with van der Waals surface area (Å²) < 4.78 is 53.7. The highest BCUT2D eigenvalue weighted by atomic mass is 32.2. The minimum Gasteiger partial charge on any atom is -0.320 e. The lowest BCUT2D eigenvalue weighted by Crippen LogP contribution is -2.25. The fourth-order valence-corrected chi connectivity index (χ4v) is 3.63. The average molecular weight is 338 g/mol. The Morgan fingerprint density at radius 3 is 2.48 bits per heavy atom. The molecule has 1 aliphatic heterocycles. The van der Waals surface area contributed by atoms with Crippen molar-refractivity contribution in [1.82, 2.24) is 0 Å². The van der Waals surface area contributed by atoms with Crippen molar-refractivity contribution in [1.29, 1.82) is 0 Å². The number of benzene rings is 1. The first kappa shape index (κ1) is 16.2. The van der Waals surface area contributed by atoms with Crippen molar-refractivity contribution < 1.29 is 22.4 Å². The number of amides is 1. The molecule has 9 heteroatoms. The fourth-order valence-electron chi connectivity index (χ4n) is 1.50. The van der Waals surface area contributed by atoms with E-state index in [1.807, 2.05) is 5.32 Å². The van der Waals surface area contributed by atoms with E-state index < -0.39 is 40.1 Å². The summed E-state index contributed by atoms with van der Waals surface area (Å²) in [6.07, 6.45) is 0. The van der Waals surface area contributed by atoms with Crippen molar-refractivity contribution in [3.8, 4) is 0 Å². The summed E-state index contributed by atoms with van der Waals surface area (Å²) in [4.78, 5) is 16.0. The van der Waals surface area contributed by atoms with E-state index in [9.17, 15) is 22.4 Å². The molecule has 1 aliphatic rings. The van der Waals surface area contributed by atoms with Crippen LogP contribution in [0, 0.1) is 23.3 Å². The monoisotopic (exact) mass is 338 g/mol. The minimum atomic E-state index is -1.63. The number of hydrogen-bond acceptors (Lipinski definition) is 4. The quantitative estimate of drug-likeness (QED) is 0.678. The zero-order valence-electron chi connectivity index (χ0n) is 10.8. The molecule has 1 heterocycles. The van der Waals surface area contributed by atoms with Crippen molar-refractivity contribution in [2.45, 2.75) is 12.2 Å². The maximum absolute atomic E-state index is 13.4. The maximum Gasteiger partial charge on any atom is 0.237 e. The van der Waals surface area contributed by atoms with Crippen LogP contribution in [0.2, 0.25) is 0 Å². The van der Waals surface area contributed by atoms with Gasteiger partial charge in [0.1, 0.15) is 10.1 Å². The van der Waals surface area contributed by atoms with E-state index in [1.54, 1.807) is 0 Å². The molecule has 0 fully saturated rings. The summed E-state index contributed by atoms with van der Waals surface area (Å²) >= 11 is 2.59. The van der Waals surface area contributed by atoms with Gasteiger partial charge in [0.15, 0.2) is 23.3 Å². The van der Waals surface area contributed by atoms with Gasteiger partial charge in [-0.3, -0.25) is 9.79 Å². The highest BCUT2D eigenvalue weighted by molar-refractivity contribution is 8.39. The molecule has 1 unspecified atom stereocenters. The highest BCUT2D eigenvalue weighted by Crippen LogP contribution is 2.28. The van der Waals surface area contributed by atoms with Crippen molar-refractivity contribution in [3.05, 3.63) is 29.3 Å². The molecule has 0 aliphatic carbocycles. The van der Waals surface area contributed by atoms with Crippen LogP contribution in [-0.2, 0) is 4.79 Å². The number of aliphatic imine (C=N–C) groups is 1. The van der Waals surface area contributed by atoms with Gasteiger partial charge in [0.25, 0.3) is 0 Å². The van der Waals surface area contributed by atoms with Crippen LogP contribution in [0.5, 0.6) is 0 Å². The molecule has 0 bridgehead atoms.